The standard InChI is InChI=1S/C18H23NO3/c1-3-14(15-7-5-4-6-8-15)11-17(20)19-10-9-16(18(21)22)13(2)12-19/h3-8,13-14,16H,1,9-12H2,2H3,(H,21,22). The molecule has 1 aliphatic heterocycles. The van der Waals surface area contributed by atoms with Gasteiger partial charge >= 0.3 is 5.97 Å². The topological polar surface area (TPSA) is 57.6 Å². The summed E-state index contributed by atoms with van der Waals surface area (Å²) in [4.78, 5) is 25.4. The second-order valence-corrected chi connectivity index (χ2v) is 6.01. The van der Waals surface area contributed by atoms with E-state index in [-0.39, 0.29) is 23.7 Å². The van der Waals surface area contributed by atoms with Crippen molar-refractivity contribution in [1.29, 1.82) is 0 Å². The van der Waals surface area contributed by atoms with E-state index in [1.165, 1.54) is 0 Å². The van der Waals surface area contributed by atoms with Crippen LogP contribution in [0.15, 0.2) is 43.0 Å². The Balaban J connectivity index is 1.97. The maximum atomic E-state index is 12.5. The van der Waals surface area contributed by atoms with Crippen LogP contribution in [0.1, 0.15) is 31.2 Å². The second-order valence-electron chi connectivity index (χ2n) is 6.01. The fourth-order valence-electron chi connectivity index (χ4n) is 3.09. The first-order valence-electron chi connectivity index (χ1n) is 7.71. The van der Waals surface area contributed by atoms with E-state index >= 15 is 0 Å². The third-order valence-electron chi connectivity index (χ3n) is 4.48. The number of carboxylic acid groups (broad SMARTS) is 1. The number of carbonyl (C=O) groups is 2. The molecule has 0 radical (unpaired) electrons. The van der Waals surface area contributed by atoms with Gasteiger partial charge in [0.2, 0.25) is 5.91 Å². The number of likely N-dealkylation sites (tertiary alicyclic amines) is 1. The number of carbonyl (C=O) groups excluding carboxylic acids is 1. The van der Waals surface area contributed by atoms with Crippen LogP contribution < -0.4 is 0 Å². The Labute approximate surface area is 131 Å². The van der Waals surface area contributed by atoms with E-state index in [4.69, 9.17) is 5.11 Å². The van der Waals surface area contributed by atoms with Crippen molar-refractivity contribution < 1.29 is 14.7 Å². The van der Waals surface area contributed by atoms with E-state index in [1.54, 1.807) is 11.0 Å². The highest BCUT2D eigenvalue weighted by Crippen LogP contribution is 2.26. The third-order valence-corrected chi connectivity index (χ3v) is 4.48. The lowest BCUT2D eigenvalue weighted by Gasteiger charge is -2.35. The molecule has 3 unspecified atom stereocenters. The average Bonchev–Trinajstić information content (AvgIpc) is 2.52. The summed E-state index contributed by atoms with van der Waals surface area (Å²) in [6.07, 6.45) is 2.73. The lowest BCUT2D eigenvalue weighted by Crippen LogP contribution is -2.45. The second kappa shape index (κ2) is 7.25. The molecular formula is C18H23NO3. The Morgan fingerprint density at radius 1 is 1.41 bits per heavy atom. The van der Waals surface area contributed by atoms with Crippen LogP contribution in [-0.2, 0) is 9.59 Å². The molecule has 1 saturated heterocycles. The number of rotatable bonds is 5. The van der Waals surface area contributed by atoms with E-state index in [1.807, 2.05) is 37.3 Å². The van der Waals surface area contributed by atoms with Crippen LogP contribution in [0.3, 0.4) is 0 Å². The number of piperidine rings is 1. The number of aliphatic carboxylic acids is 1. The van der Waals surface area contributed by atoms with Crippen molar-refractivity contribution in [3.63, 3.8) is 0 Å². The number of amides is 1. The highest BCUT2D eigenvalue weighted by molar-refractivity contribution is 5.78. The van der Waals surface area contributed by atoms with Crippen LogP contribution in [0, 0.1) is 11.8 Å². The number of hydrogen-bond acceptors (Lipinski definition) is 2. The van der Waals surface area contributed by atoms with Gasteiger partial charge in [-0.2, -0.15) is 0 Å². The maximum Gasteiger partial charge on any atom is 0.306 e. The molecule has 118 valence electrons. The van der Waals surface area contributed by atoms with Crippen LogP contribution in [0.2, 0.25) is 0 Å². The number of benzene rings is 1. The van der Waals surface area contributed by atoms with Gasteiger partial charge in [0.05, 0.1) is 5.92 Å². The van der Waals surface area contributed by atoms with Crippen molar-refractivity contribution in [2.24, 2.45) is 11.8 Å². The van der Waals surface area contributed by atoms with Gasteiger partial charge in [0, 0.05) is 25.4 Å². The first-order valence-corrected chi connectivity index (χ1v) is 7.71. The first-order chi connectivity index (χ1) is 10.5. The number of hydrogen-bond donors (Lipinski definition) is 1. The summed E-state index contributed by atoms with van der Waals surface area (Å²) in [5, 5.41) is 9.15. The number of allylic oxidation sites excluding steroid dienone is 1. The van der Waals surface area contributed by atoms with Crippen LogP contribution in [0.5, 0.6) is 0 Å². The minimum absolute atomic E-state index is 0.00111. The highest BCUT2D eigenvalue weighted by atomic mass is 16.4. The largest absolute Gasteiger partial charge is 0.481 e. The molecule has 0 spiro atoms. The molecule has 1 aromatic carbocycles. The fourth-order valence-corrected chi connectivity index (χ4v) is 3.09. The van der Waals surface area contributed by atoms with Crippen LogP contribution >= 0.6 is 0 Å². The van der Waals surface area contributed by atoms with Crippen molar-refractivity contribution in [1.82, 2.24) is 4.90 Å². The number of carboxylic acids is 1. The minimum atomic E-state index is -0.757. The Morgan fingerprint density at radius 3 is 2.64 bits per heavy atom. The lowest BCUT2D eigenvalue weighted by atomic mass is 9.86. The molecule has 1 N–H and O–H groups in total. The molecule has 1 fully saturated rings. The maximum absolute atomic E-state index is 12.5. The van der Waals surface area contributed by atoms with Crippen molar-refractivity contribution in [3.8, 4) is 0 Å². The van der Waals surface area contributed by atoms with Gasteiger partial charge in [0.15, 0.2) is 0 Å². The lowest BCUT2D eigenvalue weighted by molar-refractivity contribution is -0.148. The Hall–Kier alpha value is -2.10. The molecule has 1 amide bonds. The zero-order valence-electron chi connectivity index (χ0n) is 12.9. The average molecular weight is 301 g/mol. The molecule has 3 atom stereocenters. The summed E-state index contributed by atoms with van der Waals surface area (Å²) >= 11 is 0. The van der Waals surface area contributed by atoms with Gasteiger partial charge in [-0.1, -0.05) is 43.3 Å². The third kappa shape index (κ3) is 3.75. The summed E-state index contributed by atoms with van der Waals surface area (Å²) in [7, 11) is 0. The van der Waals surface area contributed by atoms with Gasteiger partial charge in [-0.25, -0.2) is 0 Å². The zero-order valence-corrected chi connectivity index (χ0v) is 12.9. The van der Waals surface area contributed by atoms with E-state index < -0.39 is 5.97 Å². The highest BCUT2D eigenvalue weighted by Gasteiger charge is 2.33. The Bertz CT molecular complexity index is 541. The van der Waals surface area contributed by atoms with Gasteiger partial charge in [-0.3, -0.25) is 9.59 Å². The summed E-state index contributed by atoms with van der Waals surface area (Å²) in [5.74, 6) is -1.03. The molecule has 0 aliphatic carbocycles. The fraction of sp³-hybridized carbons (Fsp3) is 0.444. The molecule has 4 nitrogen and oxygen atoms in total. The molecular weight excluding hydrogens is 278 g/mol. The minimum Gasteiger partial charge on any atom is -0.481 e. The quantitative estimate of drug-likeness (QED) is 0.851. The van der Waals surface area contributed by atoms with Crippen molar-refractivity contribution in [2.75, 3.05) is 13.1 Å². The summed E-state index contributed by atoms with van der Waals surface area (Å²) < 4.78 is 0. The Kier molecular flexibility index (Phi) is 5.36. The summed E-state index contributed by atoms with van der Waals surface area (Å²) in [5.41, 5.74) is 1.08. The summed E-state index contributed by atoms with van der Waals surface area (Å²) in [6.45, 7) is 6.79. The smallest absolute Gasteiger partial charge is 0.306 e. The molecule has 22 heavy (non-hydrogen) atoms. The molecule has 0 saturated carbocycles. The molecule has 0 aromatic heterocycles. The molecule has 1 heterocycles. The van der Waals surface area contributed by atoms with E-state index in [0.717, 1.165) is 5.56 Å². The van der Waals surface area contributed by atoms with Crippen LogP contribution in [-0.4, -0.2) is 35.0 Å². The Morgan fingerprint density at radius 2 is 2.09 bits per heavy atom. The molecule has 1 aliphatic rings. The van der Waals surface area contributed by atoms with Gasteiger partial charge < -0.3 is 10.0 Å². The van der Waals surface area contributed by atoms with Gasteiger partial charge in [0.25, 0.3) is 0 Å². The van der Waals surface area contributed by atoms with Gasteiger partial charge in [-0.05, 0) is 17.9 Å². The molecule has 0 bridgehead atoms. The predicted molar refractivity (Wildman–Crippen MR) is 85.5 cm³/mol. The zero-order chi connectivity index (χ0) is 16.1. The normalized spacial score (nSPS) is 22.9. The molecule has 1 aromatic rings. The van der Waals surface area contributed by atoms with Crippen molar-refractivity contribution in [2.45, 2.75) is 25.7 Å². The van der Waals surface area contributed by atoms with E-state index in [9.17, 15) is 9.59 Å². The predicted octanol–water partition coefficient (Wildman–Crippen LogP) is 2.92. The molecule has 2 rings (SSSR count). The van der Waals surface area contributed by atoms with Gasteiger partial charge in [-0.15, -0.1) is 6.58 Å². The van der Waals surface area contributed by atoms with Crippen molar-refractivity contribution in [3.05, 3.63) is 48.6 Å². The monoisotopic (exact) mass is 301 g/mol. The first kappa shape index (κ1) is 16.3. The van der Waals surface area contributed by atoms with Gasteiger partial charge in [0.1, 0.15) is 0 Å². The molecule has 4 heteroatoms. The van der Waals surface area contributed by atoms with E-state index in [0.29, 0.717) is 25.9 Å². The number of nitrogens with zero attached hydrogens (tertiary/aromatic N) is 1. The van der Waals surface area contributed by atoms with E-state index in [2.05, 4.69) is 6.58 Å². The van der Waals surface area contributed by atoms with Crippen molar-refractivity contribution >= 4 is 11.9 Å². The summed E-state index contributed by atoms with van der Waals surface area (Å²) in [6, 6.07) is 9.86. The van der Waals surface area contributed by atoms with Crippen LogP contribution in [0.25, 0.3) is 0 Å². The SMILES string of the molecule is C=CC(CC(=O)N1CCC(C(=O)O)C(C)C1)c1ccccc1. The van der Waals surface area contributed by atoms with Crippen LogP contribution in [0.4, 0.5) is 0 Å².